The number of thiophene rings is 1. The number of thioether (sulfide) groups is 1. The molecule has 0 saturated carbocycles. The lowest BCUT2D eigenvalue weighted by atomic mass is 10.6. The van der Waals surface area contributed by atoms with Gasteiger partial charge in [0.1, 0.15) is 9.96 Å². The van der Waals surface area contributed by atoms with Crippen molar-refractivity contribution in [2.24, 2.45) is 0 Å². The fourth-order valence-electron chi connectivity index (χ4n) is 0.584. The Bertz CT molecular complexity index is 164. The highest BCUT2D eigenvalue weighted by atomic mass is 32.2. The van der Waals surface area contributed by atoms with Crippen LogP contribution in [0.1, 0.15) is 0 Å². The fourth-order valence-corrected chi connectivity index (χ4v) is 2.07. The van der Waals surface area contributed by atoms with Crippen molar-refractivity contribution in [1.29, 1.82) is 0 Å². The van der Waals surface area contributed by atoms with Gasteiger partial charge in [-0.3, -0.25) is 0 Å². The summed E-state index contributed by atoms with van der Waals surface area (Å²) < 4.78 is 6.31. The quantitative estimate of drug-likeness (QED) is 0.615. The maximum absolute atomic E-state index is 5.07. The first-order valence-electron chi connectivity index (χ1n) is 2.54. The Morgan fingerprint density at radius 2 is 2.44 bits per heavy atom. The molecule has 1 aromatic heterocycles. The molecule has 0 atom stereocenters. The van der Waals surface area contributed by atoms with Crippen LogP contribution in [-0.4, -0.2) is 13.4 Å². The summed E-state index contributed by atoms with van der Waals surface area (Å²) in [4.78, 5) is 0. The summed E-state index contributed by atoms with van der Waals surface area (Å²) in [6, 6.07) is 1.98. The predicted molar refractivity (Wildman–Crippen MR) is 42.7 cm³/mol. The lowest BCUT2D eigenvalue weighted by Crippen LogP contribution is -1.78. The van der Waals surface area contributed by atoms with Crippen molar-refractivity contribution in [3.05, 3.63) is 11.4 Å². The first kappa shape index (κ1) is 6.96. The second-order valence-electron chi connectivity index (χ2n) is 1.48. The molecule has 0 aliphatic carbocycles. The normalized spacial score (nSPS) is 9.56. The van der Waals surface area contributed by atoms with Gasteiger partial charge in [0.05, 0.1) is 7.11 Å². The van der Waals surface area contributed by atoms with Crippen molar-refractivity contribution in [1.82, 2.24) is 0 Å². The molecule has 3 heteroatoms. The average Bonchev–Trinajstić information content (AvgIpc) is 2.33. The molecule has 0 N–H and O–H groups in total. The van der Waals surface area contributed by atoms with Crippen molar-refractivity contribution in [3.8, 4) is 5.75 Å². The summed E-state index contributed by atoms with van der Waals surface area (Å²) in [7, 11) is 1.70. The third-order valence-corrected chi connectivity index (χ3v) is 3.05. The monoisotopic (exact) mass is 160 g/mol. The van der Waals surface area contributed by atoms with E-state index in [1.807, 2.05) is 17.7 Å². The van der Waals surface area contributed by atoms with Gasteiger partial charge in [-0.15, -0.1) is 23.1 Å². The van der Waals surface area contributed by atoms with Gasteiger partial charge in [-0.05, 0) is 17.7 Å². The second kappa shape index (κ2) is 3.13. The van der Waals surface area contributed by atoms with E-state index in [-0.39, 0.29) is 0 Å². The molecule has 0 amide bonds. The molecule has 1 aromatic rings. The number of ether oxygens (including phenoxy) is 1. The smallest absolute Gasteiger partial charge is 0.143 e. The van der Waals surface area contributed by atoms with Gasteiger partial charge in [0.25, 0.3) is 0 Å². The molecule has 0 aromatic carbocycles. The standard InChI is InChI=1S/C6H8OS2/c1-7-5-3-4-9-6(5)8-2/h3-4H,1-2H3. The molecule has 1 rings (SSSR count). The van der Waals surface area contributed by atoms with Gasteiger partial charge >= 0.3 is 0 Å². The lowest BCUT2D eigenvalue weighted by molar-refractivity contribution is 0.408. The van der Waals surface area contributed by atoms with Crippen LogP contribution in [0.3, 0.4) is 0 Å². The summed E-state index contributed by atoms with van der Waals surface area (Å²) in [5.41, 5.74) is 0. The van der Waals surface area contributed by atoms with Crippen LogP contribution in [0, 0.1) is 0 Å². The van der Waals surface area contributed by atoms with Crippen LogP contribution >= 0.6 is 23.1 Å². The first-order chi connectivity index (χ1) is 4.38. The summed E-state index contributed by atoms with van der Waals surface area (Å²) in [5.74, 6) is 0.993. The van der Waals surface area contributed by atoms with E-state index in [9.17, 15) is 0 Å². The molecule has 0 saturated heterocycles. The summed E-state index contributed by atoms with van der Waals surface area (Å²) in [5, 5.41) is 2.03. The molecular formula is C6H8OS2. The molecule has 1 nitrogen and oxygen atoms in total. The summed E-state index contributed by atoms with van der Waals surface area (Å²) in [6.45, 7) is 0. The van der Waals surface area contributed by atoms with Crippen LogP contribution < -0.4 is 4.74 Å². The molecule has 1 heterocycles. The minimum atomic E-state index is 0.993. The molecular weight excluding hydrogens is 152 g/mol. The van der Waals surface area contributed by atoms with Crippen LogP contribution in [0.4, 0.5) is 0 Å². The van der Waals surface area contributed by atoms with Crippen molar-refractivity contribution < 1.29 is 4.74 Å². The van der Waals surface area contributed by atoms with Crippen molar-refractivity contribution in [2.75, 3.05) is 13.4 Å². The minimum absolute atomic E-state index is 0.993. The minimum Gasteiger partial charge on any atom is -0.495 e. The van der Waals surface area contributed by atoms with E-state index >= 15 is 0 Å². The van der Waals surface area contributed by atoms with Gasteiger partial charge in [0.15, 0.2) is 0 Å². The maximum Gasteiger partial charge on any atom is 0.143 e. The average molecular weight is 160 g/mol. The van der Waals surface area contributed by atoms with E-state index in [2.05, 4.69) is 0 Å². The zero-order valence-corrected chi connectivity index (χ0v) is 7.01. The summed E-state index contributed by atoms with van der Waals surface area (Å²) in [6.07, 6.45) is 2.05. The van der Waals surface area contributed by atoms with Gasteiger partial charge in [0, 0.05) is 0 Å². The number of rotatable bonds is 2. The fraction of sp³-hybridized carbons (Fsp3) is 0.333. The Kier molecular flexibility index (Phi) is 2.42. The van der Waals surface area contributed by atoms with E-state index < -0.39 is 0 Å². The Morgan fingerprint density at radius 3 is 2.89 bits per heavy atom. The Morgan fingerprint density at radius 1 is 1.67 bits per heavy atom. The highest BCUT2D eigenvalue weighted by molar-refractivity contribution is 8.00. The Labute approximate surface area is 63.0 Å². The molecule has 0 fully saturated rings. The molecule has 50 valence electrons. The van der Waals surface area contributed by atoms with E-state index in [1.54, 1.807) is 30.2 Å². The van der Waals surface area contributed by atoms with Crippen LogP contribution in [-0.2, 0) is 0 Å². The van der Waals surface area contributed by atoms with Gasteiger partial charge < -0.3 is 4.74 Å². The van der Waals surface area contributed by atoms with Crippen LogP contribution in [0.25, 0.3) is 0 Å². The largest absolute Gasteiger partial charge is 0.495 e. The van der Waals surface area contributed by atoms with Crippen molar-refractivity contribution >= 4 is 23.1 Å². The van der Waals surface area contributed by atoms with Crippen molar-refractivity contribution in [3.63, 3.8) is 0 Å². The SMILES string of the molecule is COc1ccsc1SC. The first-order valence-corrected chi connectivity index (χ1v) is 4.64. The van der Waals surface area contributed by atoms with Crippen LogP contribution in [0.15, 0.2) is 15.7 Å². The highest BCUT2D eigenvalue weighted by Gasteiger charge is 1.99. The van der Waals surface area contributed by atoms with Gasteiger partial charge in [-0.2, -0.15) is 0 Å². The van der Waals surface area contributed by atoms with E-state index in [1.165, 1.54) is 4.21 Å². The van der Waals surface area contributed by atoms with E-state index in [0.717, 1.165) is 5.75 Å². The molecule has 0 aliphatic rings. The van der Waals surface area contributed by atoms with Crippen molar-refractivity contribution in [2.45, 2.75) is 4.21 Å². The molecule has 0 bridgehead atoms. The lowest BCUT2D eigenvalue weighted by Gasteiger charge is -1.95. The Hall–Kier alpha value is -0.150. The zero-order valence-electron chi connectivity index (χ0n) is 5.38. The van der Waals surface area contributed by atoms with Crippen LogP contribution in [0.2, 0.25) is 0 Å². The third-order valence-electron chi connectivity index (χ3n) is 1.00. The predicted octanol–water partition coefficient (Wildman–Crippen LogP) is 2.48. The topological polar surface area (TPSA) is 9.23 Å². The third kappa shape index (κ3) is 1.40. The van der Waals surface area contributed by atoms with Crippen LogP contribution in [0.5, 0.6) is 5.75 Å². The molecule has 0 unspecified atom stereocenters. The second-order valence-corrected chi connectivity index (χ2v) is 3.47. The number of methoxy groups -OCH3 is 1. The van der Waals surface area contributed by atoms with E-state index in [0.29, 0.717) is 0 Å². The number of hydrogen-bond acceptors (Lipinski definition) is 3. The Balaban J connectivity index is 2.85. The molecule has 0 radical (unpaired) electrons. The highest BCUT2D eigenvalue weighted by Crippen LogP contribution is 2.32. The summed E-state index contributed by atoms with van der Waals surface area (Å²) >= 11 is 3.43. The maximum atomic E-state index is 5.07. The van der Waals surface area contributed by atoms with E-state index in [4.69, 9.17) is 4.74 Å². The zero-order chi connectivity index (χ0) is 6.69. The van der Waals surface area contributed by atoms with Gasteiger partial charge in [-0.25, -0.2) is 0 Å². The number of hydrogen-bond donors (Lipinski definition) is 0. The molecule has 9 heavy (non-hydrogen) atoms. The van der Waals surface area contributed by atoms with Gasteiger partial charge in [-0.1, -0.05) is 0 Å². The molecule has 0 spiro atoms. The molecule has 0 aliphatic heterocycles. The van der Waals surface area contributed by atoms with Gasteiger partial charge in [0.2, 0.25) is 0 Å².